The van der Waals surface area contributed by atoms with Crippen LogP contribution in [0, 0.1) is 6.92 Å². The summed E-state index contributed by atoms with van der Waals surface area (Å²) >= 11 is 3.40. The molecule has 0 saturated carbocycles. The van der Waals surface area contributed by atoms with Crippen molar-refractivity contribution < 1.29 is 9.53 Å². The molecule has 0 aliphatic heterocycles. The van der Waals surface area contributed by atoms with E-state index in [4.69, 9.17) is 4.74 Å². The Labute approximate surface area is 132 Å². The lowest BCUT2D eigenvalue weighted by Gasteiger charge is -2.09. The zero-order valence-corrected chi connectivity index (χ0v) is 13.5. The Balaban J connectivity index is 2.10. The number of hydrogen-bond donors (Lipinski definition) is 1. The van der Waals surface area contributed by atoms with Crippen molar-refractivity contribution in [1.82, 2.24) is 0 Å². The topological polar surface area (TPSA) is 38.3 Å². The molecule has 1 amide bonds. The molecule has 1 N–H and O–H groups in total. The molecule has 3 nitrogen and oxygen atoms in total. The van der Waals surface area contributed by atoms with Crippen LogP contribution in [0.4, 0.5) is 5.69 Å². The molecule has 0 unspecified atom stereocenters. The van der Waals surface area contributed by atoms with Crippen LogP contribution in [0.1, 0.15) is 11.1 Å². The third-order valence-electron chi connectivity index (χ3n) is 2.89. The summed E-state index contributed by atoms with van der Waals surface area (Å²) in [5, 5.41) is 2.82. The summed E-state index contributed by atoms with van der Waals surface area (Å²) in [6.45, 7) is 1.96. The highest BCUT2D eigenvalue weighted by Crippen LogP contribution is 2.25. The average Bonchev–Trinajstić information content (AvgIpc) is 2.45. The second-order valence-electron chi connectivity index (χ2n) is 4.58. The summed E-state index contributed by atoms with van der Waals surface area (Å²) in [5.74, 6) is 0.448. The van der Waals surface area contributed by atoms with E-state index >= 15 is 0 Å². The Hall–Kier alpha value is -2.07. The summed E-state index contributed by atoms with van der Waals surface area (Å²) in [4.78, 5) is 12.0. The molecule has 0 spiro atoms. The van der Waals surface area contributed by atoms with Crippen LogP contribution in [-0.2, 0) is 4.79 Å². The number of amides is 1. The largest absolute Gasteiger partial charge is 0.495 e. The maximum absolute atomic E-state index is 12.0. The smallest absolute Gasteiger partial charge is 0.248 e. The first kappa shape index (κ1) is 15.3. The van der Waals surface area contributed by atoms with Gasteiger partial charge in [0.1, 0.15) is 5.75 Å². The number of methoxy groups -OCH3 is 1. The number of rotatable bonds is 4. The summed E-state index contributed by atoms with van der Waals surface area (Å²) in [6, 6.07) is 13.4. The molecule has 0 saturated heterocycles. The van der Waals surface area contributed by atoms with Crippen LogP contribution in [0.2, 0.25) is 0 Å². The van der Waals surface area contributed by atoms with Gasteiger partial charge in [-0.2, -0.15) is 0 Å². The zero-order chi connectivity index (χ0) is 15.2. The van der Waals surface area contributed by atoms with E-state index < -0.39 is 0 Å². The predicted molar refractivity (Wildman–Crippen MR) is 89.5 cm³/mol. The SMILES string of the molecule is COc1ccc(C)cc1NC(=O)/C=C/c1cccc(Br)c1. The van der Waals surface area contributed by atoms with E-state index in [0.29, 0.717) is 11.4 Å². The molecule has 108 valence electrons. The number of aryl methyl sites for hydroxylation is 1. The molecule has 0 aliphatic carbocycles. The van der Waals surface area contributed by atoms with Gasteiger partial charge in [-0.3, -0.25) is 4.79 Å². The molecule has 4 heteroatoms. The van der Waals surface area contributed by atoms with Crippen LogP contribution in [0.25, 0.3) is 6.08 Å². The molecule has 2 aromatic rings. The number of ether oxygens (including phenoxy) is 1. The van der Waals surface area contributed by atoms with Crippen LogP contribution < -0.4 is 10.1 Å². The lowest BCUT2D eigenvalue weighted by atomic mass is 10.2. The summed E-state index contributed by atoms with van der Waals surface area (Å²) in [7, 11) is 1.58. The van der Waals surface area contributed by atoms with E-state index in [9.17, 15) is 4.79 Å². The van der Waals surface area contributed by atoms with Crippen molar-refractivity contribution in [3.8, 4) is 5.75 Å². The molecule has 2 rings (SSSR count). The maximum atomic E-state index is 12.0. The standard InChI is InChI=1S/C17H16BrNO2/c1-12-6-8-16(21-2)15(10-12)19-17(20)9-7-13-4-3-5-14(18)11-13/h3-11H,1-2H3,(H,19,20)/b9-7+. The van der Waals surface area contributed by atoms with E-state index in [1.54, 1.807) is 13.2 Å². The third-order valence-corrected chi connectivity index (χ3v) is 3.38. The molecule has 0 radical (unpaired) electrons. The van der Waals surface area contributed by atoms with Gasteiger partial charge in [-0.15, -0.1) is 0 Å². The van der Waals surface area contributed by atoms with Crippen LogP contribution in [0.5, 0.6) is 5.75 Å². The fourth-order valence-corrected chi connectivity index (χ4v) is 2.29. The number of halogens is 1. The highest BCUT2D eigenvalue weighted by atomic mass is 79.9. The molecular formula is C17H16BrNO2. The number of hydrogen-bond acceptors (Lipinski definition) is 2. The number of nitrogens with one attached hydrogen (secondary N) is 1. The van der Waals surface area contributed by atoms with Gasteiger partial charge in [0.15, 0.2) is 0 Å². The van der Waals surface area contributed by atoms with Crippen LogP contribution in [0.15, 0.2) is 53.0 Å². The van der Waals surface area contributed by atoms with E-state index in [1.165, 1.54) is 6.08 Å². The molecule has 0 bridgehead atoms. The van der Waals surface area contributed by atoms with Gasteiger partial charge in [0.25, 0.3) is 0 Å². The molecule has 0 atom stereocenters. The lowest BCUT2D eigenvalue weighted by molar-refractivity contribution is -0.111. The minimum Gasteiger partial charge on any atom is -0.495 e. The minimum atomic E-state index is -0.195. The maximum Gasteiger partial charge on any atom is 0.248 e. The van der Waals surface area contributed by atoms with E-state index in [-0.39, 0.29) is 5.91 Å². The molecule has 21 heavy (non-hydrogen) atoms. The highest BCUT2D eigenvalue weighted by molar-refractivity contribution is 9.10. The predicted octanol–water partition coefficient (Wildman–Crippen LogP) is 4.42. The van der Waals surface area contributed by atoms with E-state index in [1.807, 2.05) is 49.4 Å². The minimum absolute atomic E-state index is 0.195. The van der Waals surface area contributed by atoms with Crippen molar-refractivity contribution in [3.05, 3.63) is 64.1 Å². The van der Waals surface area contributed by atoms with Gasteiger partial charge >= 0.3 is 0 Å². The zero-order valence-electron chi connectivity index (χ0n) is 11.9. The lowest BCUT2D eigenvalue weighted by Crippen LogP contribution is -2.09. The van der Waals surface area contributed by atoms with Gasteiger partial charge < -0.3 is 10.1 Å². The van der Waals surface area contributed by atoms with Gasteiger partial charge in [-0.25, -0.2) is 0 Å². The summed E-state index contributed by atoms with van der Waals surface area (Å²) < 4.78 is 6.21. The Morgan fingerprint density at radius 3 is 2.76 bits per heavy atom. The number of anilines is 1. The first-order valence-corrected chi connectivity index (χ1v) is 7.27. The molecule has 0 fully saturated rings. The Bertz CT molecular complexity index is 680. The second-order valence-corrected chi connectivity index (χ2v) is 5.50. The normalized spacial score (nSPS) is 10.6. The first-order chi connectivity index (χ1) is 10.1. The fraction of sp³-hybridized carbons (Fsp3) is 0.118. The van der Waals surface area contributed by atoms with Gasteiger partial charge in [-0.1, -0.05) is 34.1 Å². The number of benzene rings is 2. The van der Waals surface area contributed by atoms with Gasteiger partial charge in [-0.05, 0) is 48.4 Å². The Morgan fingerprint density at radius 2 is 2.05 bits per heavy atom. The van der Waals surface area contributed by atoms with Crippen LogP contribution in [0.3, 0.4) is 0 Å². The molecule has 0 aliphatic rings. The average molecular weight is 346 g/mol. The third kappa shape index (κ3) is 4.46. The first-order valence-electron chi connectivity index (χ1n) is 6.48. The molecule has 0 heterocycles. The molecule has 0 aromatic heterocycles. The van der Waals surface area contributed by atoms with Gasteiger partial charge in [0, 0.05) is 10.5 Å². The quantitative estimate of drug-likeness (QED) is 0.833. The summed E-state index contributed by atoms with van der Waals surface area (Å²) in [6.07, 6.45) is 3.27. The van der Waals surface area contributed by atoms with Crippen molar-refractivity contribution in [3.63, 3.8) is 0 Å². The second kappa shape index (κ2) is 7.09. The van der Waals surface area contributed by atoms with Crippen molar-refractivity contribution in [2.24, 2.45) is 0 Å². The van der Waals surface area contributed by atoms with Gasteiger partial charge in [0.05, 0.1) is 12.8 Å². The van der Waals surface area contributed by atoms with Crippen molar-refractivity contribution in [1.29, 1.82) is 0 Å². The number of carbonyl (C=O) groups excluding carboxylic acids is 1. The molecule has 2 aromatic carbocycles. The summed E-state index contributed by atoms with van der Waals surface area (Å²) in [5.41, 5.74) is 2.68. The van der Waals surface area contributed by atoms with Gasteiger partial charge in [0.2, 0.25) is 5.91 Å². The Morgan fingerprint density at radius 1 is 1.24 bits per heavy atom. The Kier molecular flexibility index (Phi) is 5.17. The van der Waals surface area contributed by atoms with Crippen molar-refractivity contribution in [2.75, 3.05) is 12.4 Å². The van der Waals surface area contributed by atoms with Crippen LogP contribution >= 0.6 is 15.9 Å². The molecular weight excluding hydrogens is 330 g/mol. The van der Waals surface area contributed by atoms with E-state index in [2.05, 4.69) is 21.2 Å². The van der Waals surface area contributed by atoms with Crippen LogP contribution in [-0.4, -0.2) is 13.0 Å². The number of carbonyl (C=O) groups is 1. The highest BCUT2D eigenvalue weighted by Gasteiger charge is 2.05. The monoisotopic (exact) mass is 345 g/mol. The fourth-order valence-electron chi connectivity index (χ4n) is 1.88. The van der Waals surface area contributed by atoms with Crippen molar-refractivity contribution >= 4 is 33.6 Å². The van der Waals surface area contributed by atoms with E-state index in [0.717, 1.165) is 15.6 Å². The van der Waals surface area contributed by atoms with Crippen molar-refractivity contribution in [2.45, 2.75) is 6.92 Å².